The first kappa shape index (κ1) is 14.3. The van der Waals surface area contributed by atoms with Crippen LogP contribution in [0.1, 0.15) is 57.6 Å². The lowest BCUT2D eigenvalue weighted by Gasteiger charge is -2.25. The van der Waals surface area contributed by atoms with Gasteiger partial charge in [-0.2, -0.15) is 0 Å². The van der Waals surface area contributed by atoms with Crippen LogP contribution in [-0.4, -0.2) is 24.6 Å². The third-order valence-electron chi connectivity index (χ3n) is 4.21. The number of anilines is 1. The molecule has 1 fully saturated rings. The summed E-state index contributed by atoms with van der Waals surface area (Å²) in [4.78, 5) is 6.99. The average Bonchev–Trinajstić information content (AvgIpc) is 2.98. The Balaban J connectivity index is 1.97. The van der Waals surface area contributed by atoms with Gasteiger partial charge < -0.3 is 10.2 Å². The molecule has 1 aromatic rings. The molecule has 1 heterocycles. The largest absolute Gasteiger partial charge is 0.357 e. The number of nitrogens with zero attached hydrogens (tertiary/aromatic N) is 2. The standard InChI is InChI=1S/C16H27N3/c1-4-11-17-13(2)14-9-10-16(18-12-14)19(3)15-7-5-6-8-15/h9-10,12-13,15,17H,4-8,11H2,1-3H3. The molecule has 0 saturated heterocycles. The fraction of sp³-hybridized carbons (Fsp3) is 0.688. The van der Waals surface area contributed by atoms with Gasteiger partial charge >= 0.3 is 0 Å². The highest BCUT2D eigenvalue weighted by Crippen LogP contribution is 2.26. The second kappa shape index (κ2) is 6.90. The van der Waals surface area contributed by atoms with E-state index in [1.54, 1.807) is 0 Å². The smallest absolute Gasteiger partial charge is 0.128 e. The minimum absolute atomic E-state index is 0.387. The molecule has 1 N–H and O–H groups in total. The number of rotatable bonds is 6. The zero-order valence-corrected chi connectivity index (χ0v) is 12.5. The van der Waals surface area contributed by atoms with Crippen molar-refractivity contribution in [1.29, 1.82) is 0 Å². The van der Waals surface area contributed by atoms with Crippen molar-refractivity contribution in [2.45, 2.75) is 58.0 Å². The van der Waals surface area contributed by atoms with E-state index in [0.717, 1.165) is 12.4 Å². The normalized spacial score (nSPS) is 17.6. The first-order valence-corrected chi connectivity index (χ1v) is 7.64. The Bertz CT molecular complexity index is 368. The van der Waals surface area contributed by atoms with E-state index < -0.39 is 0 Å². The maximum atomic E-state index is 4.64. The molecule has 19 heavy (non-hydrogen) atoms. The Morgan fingerprint density at radius 2 is 2.11 bits per heavy atom. The SMILES string of the molecule is CCCNC(C)c1ccc(N(C)C2CCCC2)nc1. The van der Waals surface area contributed by atoms with Crippen LogP contribution in [0.3, 0.4) is 0 Å². The monoisotopic (exact) mass is 261 g/mol. The predicted octanol–water partition coefficient (Wildman–Crippen LogP) is 3.52. The van der Waals surface area contributed by atoms with Crippen molar-refractivity contribution in [3.05, 3.63) is 23.9 Å². The number of aromatic nitrogens is 1. The van der Waals surface area contributed by atoms with Crippen LogP contribution in [-0.2, 0) is 0 Å². The highest BCUT2D eigenvalue weighted by molar-refractivity contribution is 5.40. The van der Waals surface area contributed by atoms with Crippen LogP contribution >= 0.6 is 0 Å². The van der Waals surface area contributed by atoms with Crippen LogP contribution in [0.15, 0.2) is 18.3 Å². The van der Waals surface area contributed by atoms with Gasteiger partial charge in [-0.1, -0.05) is 25.8 Å². The molecule has 0 spiro atoms. The summed E-state index contributed by atoms with van der Waals surface area (Å²) in [5, 5.41) is 3.50. The maximum absolute atomic E-state index is 4.64. The van der Waals surface area contributed by atoms with E-state index in [4.69, 9.17) is 0 Å². The van der Waals surface area contributed by atoms with Gasteiger partial charge in [0.1, 0.15) is 5.82 Å². The van der Waals surface area contributed by atoms with Gasteiger partial charge in [-0.25, -0.2) is 4.98 Å². The van der Waals surface area contributed by atoms with E-state index in [9.17, 15) is 0 Å². The first-order valence-electron chi connectivity index (χ1n) is 7.64. The fourth-order valence-corrected chi connectivity index (χ4v) is 2.82. The summed E-state index contributed by atoms with van der Waals surface area (Å²) in [7, 11) is 2.18. The van der Waals surface area contributed by atoms with Crippen molar-refractivity contribution in [1.82, 2.24) is 10.3 Å². The highest BCUT2D eigenvalue weighted by atomic mass is 15.2. The van der Waals surface area contributed by atoms with Gasteiger partial charge in [-0.15, -0.1) is 0 Å². The zero-order chi connectivity index (χ0) is 13.7. The van der Waals surface area contributed by atoms with Crippen LogP contribution in [0.2, 0.25) is 0 Å². The summed E-state index contributed by atoms with van der Waals surface area (Å²) >= 11 is 0. The molecular weight excluding hydrogens is 234 g/mol. The van der Waals surface area contributed by atoms with E-state index in [1.165, 1.54) is 37.7 Å². The summed E-state index contributed by atoms with van der Waals surface area (Å²) in [6.45, 7) is 5.45. The van der Waals surface area contributed by atoms with Gasteiger partial charge in [0.15, 0.2) is 0 Å². The third kappa shape index (κ3) is 3.69. The van der Waals surface area contributed by atoms with Crippen molar-refractivity contribution in [2.75, 3.05) is 18.5 Å². The molecule has 1 atom stereocenters. The van der Waals surface area contributed by atoms with E-state index in [-0.39, 0.29) is 0 Å². The molecule has 1 unspecified atom stereocenters. The molecule has 1 saturated carbocycles. The molecule has 0 aromatic carbocycles. The summed E-state index contributed by atoms with van der Waals surface area (Å²) in [5.41, 5.74) is 1.28. The molecule has 3 heteroatoms. The van der Waals surface area contributed by atoms with Crippen molar-refractivity contribution < 1.29 is 0 Å². The van der Waals surface area contributed by atoms with E-state index in [0.29, 0.717) is 12.1 Å². The lowest BCUT2D eigenvalue weighted by atomic mass is 10.1. The zero-order valence-electron chi connectivity index (χ0n) is 12.5. The topological polar surface area (TPSA) is 28.2 Å². The summed E-state index contributed by atoms with van der Waals surface area (Å²) in [5.74, 6) is 1.11. The molecule has 0 bridgehead atoms. The van der Waals surface area contributed by atoms with Crippen molar-refractivity contribution in [3.63, 3.8) is 0 Å². The molecule has 1 aliphatic carbocycles. The number of nitrogens with one attached hydrogen (secondary N) is 1. The number of hydrogen-bond donors (Lipinski definition) is 1. The molecule has 106 valence electrons. The van der Waals surface area contributed by atoms with Crippen LogP contribution in [0.4, 0.5) is 5.82 Å². The van der Waals surface area contributed by atoms with E-state index in [1.807, 2.05) is 6.20 Å². The van der Waals surface area contributed by atoms with E-state index >= 15 is 0 Å². The Labute approximate surface area is 117 Å². The average molecular weight is 261 g/mol. The van der Waals surface area contributed by atoms with Crippen LogP contribution in [0.5, 0.6) is 0 Å². The highest BCUT2D eigenvalue weighted by Gasteiger charge is 2.20. The van der Waals surface area contributed by atoms with Gasteiger partial charge in [-0.05, 0) is 44.4 Å². The molecule has 2 rings (SSSR count). The Hall–Kier alpha value is -1.09. The summed E-state index contributed by atoms with van der Waals surface area (Å²) in [6.07, 6.45) is 8.55. The lowest BCUT2D eigenvalue weighted by molar-refractivity contribution is 0.568. The van der Waals surface area contributed by atoms with Crippen LogP contribution in [0, 0.1) is 0 Å². The van der Waals surface area contributed by atoms with Crippen molar-refractivity contribution in [2.24, 2.45) is 0 Å². The molecule has 0 amide bonds. The van der Waals surface area contributed by atoms with Gasteiger partial charge in [0, 0.05) is 25.3 Å². The van der Waals surface area contributed by atoms with Gasteiger partial charge in [0.25, 0.3) is 0 Å². The third-order valence-corrected chi connectivity index (χ3v) is 4.21. The van der Waals surface area contributed by atoms with E-state index in [2.05, 4.69) is 48.2 Å². The Morgan fingerprint density at radius 3 is 2.68 bits per heavy atom. The first-order chi connectivity index (χ1) is 9.22. The van der Waals surface area contributed by atoms with Gasteiger partial charge in [0.05, 0.1) is 0 Å². The molecule has 0 aliphatic heterocycles. The van der Waals surface area contributed by atoms with Gasteiger partial charge in [-0.3, -0.25) is 0 Å². The minimum atomic E-state index is 0.387. The Kier molecular flexibility index (Phi) is 5.20. The quantitative estimate of drug-likeness (QED) is 0.849. The fourth-order valence-electron chi connectivity index (χ4n) is 2.82. The van der Waals surface area contributed by atoms with Gasteiger partial charge in [0.2, 0.25) is 0 Å². The molecule has 1 aliphatic rings. The predicted molar refractivity (Wildman–Crippen MR) is 81.6 cm³/mol. The molecule has 3 nitrogen and oxygen atoms in total. The molecule has 0 radical (unpaired) electrons. The summed E-state index contributed by atoms with van der Waals surface area (Å²) < 4.78 is 0. The second-order valence-corrected chi connectivity index (χ2v) is 5.67. The van der Waals surface area contributed by atoms with Crippen LogP contribution < -0.4 is 10.2 Å². The molecular formula is C16H27N3. The number of pyridine rings is 1. The van der Waals surface area contributed by atoms with Crippen LogP contribution in [0.25, 0.3) is 0 Å². The molecule has 1 aromatic heterocycles. The van der Waals surface area contributed by atoms with Crippen molar-refractivity contribution in [3.8, 4) is 0 Å². The maximum Gasteiger partial charge on any atom is 0.128 e. The summed E-state index contributed by atoms with van der Waals surface area (Å²) in [6, 6.07) is 5.45. The lowest BCUT2D eigenvalue weighted by Crippen LogP contribution is -2.29. The van der Waals surface area contributed by atoms with Crippen molar-refractivity contribution >= 4 is 5.82 Å². The Morgan fingerprint density at radius 1 is 1.37 bits per heavy atom. The minimum Gasteiger partial charge on any atom is -0.357 e. The number of hydrogen-bond acceptors (Lipinski definition) is 3. The second-order valence-electron chi connectivity index (χ2n) is 5.67.